The van der Waals surface area contributed by atoms with E-state index in [1.807, 2.05) is 6.07 Å². The van der Waals surface area contributed by atoms with Crippen molar-refractivity contribution < 1.29 is 13.9 Å². The largest absolute Gasteiger partial charge is 0.382 e. The van der Waals surface area contributed by atoms with Gasteiger partial charge in [0.05, 0.1) is 13.2 Å². The predicted molar refractivity (Wildman–Crippen MR) is 72.9 cm³/mol. The van der Waals surface area contributed by atoms with Crippen LogP contribution in [-0.2, 0) is 14.9 Å². The highest BCUT2D eigenvalue weighted by Crippen LogP contribution is 2.33. The molecule has 1 aromatic rings. The highest BCUT2D eigenvalue weighted by molar-refractivity contribution is 5.30. The summed E-state index contributed by atoms with van der Waals surface area (Å²) in [7, 11) is 1.67. The van der Waals surface area contributed by atoms with Gasteiger partial charge < -0.3 is 14.8 Å². The number of methoxy groups -OCH3 is 1. The van der Waals surface area contributed by atoms with Gasteiger partial charge in [0.1, 0.15) is 5.82 Å². The summed E-state index contributed by atoms with van der Waals surface area (Å²) in [6, 6.07) is 6.97. The average Bonchev–Trinajstić information content (AvgIpc) is 2.36. The second-order valence-corrected chi connectivity index (χ2v) is 5.10. The number of ether oxygens (including phenoxy) is 2. The molecule has 0 atom stereocenters. The molecule has 1 heterocycles. The third-order valence-corrected chi connectivity index (χ3v) is 3.74. The lowest BCUT2D eigenvalue weighted by Crippen LogP contribution is -2.56. The van der Waals surface area contributed by atoms with Crippen LogP contribution >= 0.6 is 0 Å². The zero-order chi connectivity index (χ0) is 13.6. The summed E-state index contributed by atoms with van der Waals surface area (Å²) >= 11 is 0. The molecular formula is C15H22FNO2. The molecule has 0 bridgehead atoms. The number of benzene rings is 1. The maximum atomic E-state index is 13.3. The number of halogens is 1. The van der Waals surface area contributed by atoms with Crippen LogP contribution in [0.4, 0.5) is 4.39 Å². The van der Waals surface area contributed by atoms with Crippen LogP contribution in [0.15, 0.2) is 24.3 Å². The van der Waals surface area contributed by atoms with Crippen LogP contribution in [0, 0.1) is 5.82 Å². The molecular weight excluding hydrogens is 245 g/mol. The van der Waals surface area contributed by atoms with E-state index in [1.54, 1.807) is 19.2 Å². The molecule has 0 aromatic heterocycles. The van der Waals surface area contributed by atoms with Gasteiger partial charge in [-0.2, -0.15) is 0 Å². The van der Waals surface area contributed by atoms with E-state index in [2.05, 4.69) is 5.32 Å². The lowest BCUT2D eigenvalue weighted by Gasteiger charge is -2.43. The second kappa shape index (κ2) is 6.98. The smallest absolute Gasteiger partial charge is 0.123 e. The van der Waals surface area contributed by atoms with Gasteiger partial charge in [0.2, 0.25) is 0 Å². The number of hydrogen-bond acceptors (Lipinski definition) is 3. The molecule has 19 heavy (non-hydrogen) atoms. The summed E-state index contributed by atoms with van der Waals surface area (Å²) in [6.45, 7) is 3.86. The fourth-order valence-corrected chi connectivity index (χ4v) is 2.53. The molecule has 0 radical (unpaired) electrons. The Bertz CT molecular complexity index is 393. The average molecular weight is 267 g/mol. The minimum Gasteiger partial charge on any atom is -0.382 e. The van der Waals surface area contributed by atoms with E-state index in [1.165, 1.54) is 6.07 Å². The van der Waals surface area contributed by atoms with Crippen molar-refractivity contribution in [2.45, 2.75) is 18.3 Å². The van der Waals surface area contributed by atoms with Gasteiger partial charge in [-0.1, -0.05) is 12.1 Å². The van der Waals surface area contributed by atoms with E-state index in [0.29, 0.717) is 13.2 Å². The molecule has 0 unspecified atom stereocenters. The third-order valence-electron chi connectivity index (χ3n) is 3.74. The third kappa shape index (κ3) is 3.75. The topological polar surface area (TPSA) is 30.5 Å². The molecule has 3 nitrogen and oxygen atoms in total. The van der Waals surface area contributed by atoms with Crippen LogP contribution in [0.25, 0.3) is 0 Å². The Morgan fingerprint density at radius 1 is 1.26 bits per heavy atom. The van der Waals surface area contributed by atoms with Crippen molar-refractivity contribution in [1.29, 1.82) is 0 Å². The zero-order valence-corrected chi connectivity index (χ0v) is 11.5. The molecule has 0 saturated carbocycles. The van der Waals surface area contributed by atoms with Crippen molar-refractivity contribution in [2.75, 3.05) is 40.0 Å². The molecule has 106 valence electrons. The van der Waals surface area contributed by atoms with E-state index in [-0.39, 0.29) is 11.2 Å². The standard InChI is InChI=1S/C15H22FNO2/c1-18-8-9-19-7-3-6-15(11-17-12-15)13-4-2-5-14(16)10-13/h2,4-5,10,17H,3,6-9,11-12H2,1H3. The van der Waals surface area contributed by atoms with Gasteiger partial charge in [-0.15, -0.1) is 0 Å². The minimum absolute atomic E-state index is 0.0900. The monoisotopic (exact) mass is 267 g/mol. The SMILES string of the molecule is COCCOCCCC1(c2cccc(F)c2)CNC1. The lowest BCUT2D eigenvalue weighted by atomic mass is 9.72. The van der Waals surface area contributed by atoms with Crippen LogP contribution < -0.4 is 5.32 Å². The molecule has 1 aliphatic rings. The van der Waals surface area contributed by atoms with Crippen LogP contribution in [0.1, 0.15) is 18.4 Å². The second-order valence-electron chi connectivity index (χ2n) is 5.10. The van der Waals surface area contributed by atoms with Crippen LogP contribution in [0.2, 0.25) is 0 Å². The molecule has 4 heteroatoms. The number of rotatable bonds is 8. The van der Waals surface area contributed by atoms with Gasteiger partial charge in [-0.05, 0) is 30.5 Å². The van der Waals surface area contributed by atoms with E-state index in [4.69, 9.17) is 9.47 Å². The first-order valence-corrected chi connectivity index (χ1v) is 6.80. The summed E-state index contributed by atoms with van der Waals surface area (Å²) < 4.78 is 23.7. The Hall–Kier alpha value is -0.970. The van der Waals surface area contributed by atoms with Gasteiger partial charge in [0.25, 0.3) is 0 Å². The molecule has 1 saturated heterocycles. The summed E-state index contributed by atoms with van der Waals surface area (Å²) in [6.07, 6.45) is 2.01. The van der Waals surface area contributed by atoms with Crippen molar-refractivity contribution in [3.63, 3.8) is 0 Å². The first kappa shape index (κ1) is 14.4. The quantitative estimate of drug-likeness (QED) is 0.732. The van der Waals surface area contributed by atoms with Crippen LogP contribution in [-0.4, -0.2) is 40.0 Å². The molecule has 0 spiro atoms. The van der Waals surface area contributed by atoms with Gasteiger partial charge in [-0.3, -0.25) is 0 Å². The highest BCUT2D eigenvalue weighted by Gasteiger charge is 2.38. The fourth-order valence-electron chi connectivity index (χ4n) is 2.53. The Labute approximate surface area is 114 Å². The Kier molecular flexibility index (Phi) is 5.31. The van der Waals surface area contributed by atoms with Gasteiger partial charge in [0.15, 0.2) is 0 Å². The summed E-state index contributed by atoms with van der Waals surface area (Å²) in [5.74, 6) is -0.153. The first-order chi connectivity index (χ1) is 9.27. The van der Waals surface area contributed by atoms with E-state index >= 15 is 0 Å². The maximum absolute atomic E-state index is 13.3. The Morgan fingerprint density at radius 3 is 2.74 bits per heavy atom. The van der Waals surface area contributed by atoms with E-state index in [9.17, 15) is 4.39 Å². The Balaban J connectivity index is 1.82. The number of nitrogens with one attached hydrogen (secondary N) is 1. The summed E-state index contributed by atoms with van der Waals surface area (Å²) in [5.41, 5.74) is 1.19. The van der Waals surface area contributed by atoms with Crippen molar-refractivity contribution in [1.82, 2.24) is 5.32 Å². The van der Waals surface area contributed by atoms with Gasteiger partial charge >= 0.3 is 0 Å². The van der Waals surface area contributed by atoms with Gasteiger partial charge in [-0.25, -0.2) is 4.39 Å². The predicted octanol–water partition coefficient (Wildman–Crippen LogP) is 2.11. The van der Waals surface area contributed by atoms with Crippen LogP contribution in [0.5, 0.6) is 0 Å². The summed E-state index contributed by atoms with van der Waals surface area (Å²) in [4.78, 5) is 0. The fraction of sp³-hybridized carbons (Fsp3) is 0.600. The van der Waals surface area contributed by atoms with Crippen molar-refractivity contribution in [3.8, 4) is 0 Å². The highest BCUT2D eigenvalue weighted by atomic mass is 19.1. The zero-order valence-electron chi connectivity index (χ0n) is 11.5. The molecule has 0 amide bonds. The maximum Gasteiger partial charge on any atom is 0.123 e. The first-order valence-electron chi connectivity index (χ1n) is 6.80. The normalized spacial score (nSPS) is 17.2. The summed E-state index contributed by atoms with van der Waals surface area (Å²) in [5, 5.41) is 3.30. The minimum atomic E-state index is -0.153. The van der Waals surface area contributed by atoms with E-state index in [0.717, 1.165) is 38.1 Å². The Morgan fingerprint density at radius 2 is 2.11 bits per heavy atom. The molecule has 1 N–H and O–H groups in total. The van der Waals surface area contributed by atoms with Crippen LogP contribution in [0.3, 0.4) is 0 Å². The molecule has 2 rings (SSSR count). The number of hydrogen-bond donors (Lipinski definition) is 1. The lowest BCUT2D eigenvalue weighted by molar-refractivity contribution is 0.0644. The molecule has 1 aromatic carbocycles. The van der Waals surface area contributed by atoms with Crippen molar-refractivity contribution in [3.05, 3.63) is 35.6 Å². The van der Waals surface area contributed by atoms with Crippen molar-refractivity contribution >= 4 is 0 Å². The molecule has 0 aliphatic carbocycles. The van der Waals surface area contributed by atoms with Crippen molar-refractivity contribution in [2.24, 2.45) is 0 Å². The van der Waals surface area contributed by atoms with E-state index < -0.39 is 0 Å². The molecule has 1 aliphatic heterocycles. The van der Waals surface area contributed by atoms with Gasteiger partial charge in [0, 0.05) is 32.2 Å². The molecule has 1 fully saturated rings.